The van der Waals surface area contributed by atoms with Gasteiger partial charge in [-0.2, -0.15) is 0 Å². The molecular weight excluding hydrogens is 314 g/mol. The van der Waals surface area contributed by atoms with Crippen LogP contribution in [0.4, 0.5) is 0 Å². The number of amides is 1. The Bertz CT molecular complexity index is 652. The summed E-state index contributed by atoms with van der Waals surface area (Å²) >= 11 is 0. The van der Waals surface area contributed by atoms with Crippen LogP contribution >= 0.6 is 0 Å². The second kappa shape index (κ2) is 5.73. The Morgan fingerprint density at radius 3 is 2.16 bits per heavy atom. The number of likely N-dealkylation sites (tertiary alicyclic amines) is 1. The molecule has 1 aromatic rings. The van der Waals surface area contributed by atoms with Gasteiger partial charge < -0.3 is 14.7 Å². The zero-order valence-corrected chi connectivity index (χ0v) is 15.4. The minimum atomic E-state index is -0.491. The fourth-order valence-electron chi connectivity index (χ4n) is 5.14. The summed E-state index contributed by atoms with van der Waals surface area (Å²) in [7, 11) is 1.66. The van der Waals surface area contributed by atoms with E-state index in [1.165, 1.54) is 0 Å². The van der Waals surface area contributed by atoms with Gasteiger partial charge in [-0.25, -0.2) is 0 Å². The molecule has 2 aliphatic carbocycles. The fourth-order valence-corrected chi connectivity index (χ4v) is 5.14. The number of benzene rings is 1. The van der Waals surface area contributed by atoms with E-state index in [0.29, 0.717) is 0 Å². The van der Waals surface area contributed by atoms with Crippen molar-refractivity contribution < 1.29 is 14.6 Å². The van der Waals surface area contributed by atoms with E-state index in [1.807, 2.05) is 24.3 Å². The number of hydrogen-bond donors (Lipinski definition) is 1. The minimum absolute atomic E-state index is 0.0648. The van der Waals surface area contributed by atoms with Crippen LogP contribution in [-0.2, 0) is 10.2 Å². The molecule has 0 radical (unpaired) electrons. The Morgan fingerprint density at radius 2 is 1.72 bits per heavy atom. The lowest BCUT2D eigenvalue weighted by atomic mass is 9.51. The van der Waals surface area contributed by atoms with Gasteiger partial charge in [-0.3, -0.25) is 4.79 Å². The van der Waals surface area contributed by atoms with Crippen molar-refractivity contribution in [2.75, 3.05) is 20.2 Å². The van der Waals surface area contributed by atoms with Crippen molar-refractivity contribution in [2.45, 2.75) is 62.9 Å². The molecule has 1 unspecified atom stereocenters. The summed E-state index contributed by atoms with van der Waals surface area (Å²) in [6, 6.07) is 7.97. The van der Waals surface area contributed by atoms with E-state index in [9.17, 15) is 9.90 Å². The number of aliphatic hydroxyl groups is 1. The summed E-state index contributed by atoms with van der Waals surface area (Å²) in [4.78, 5) is 15.3. The summed E-state index contributed by atoms with van der Waals surface area (Å²) in [6.07, 6.45) is 6.65. The molecule has 1 amide bonds. The molecule has 4 nitrogen and oxygen atoms in total. The number of piperidine rings is 1. The van der Waals surface area contributed by atoms with Gasteiger partial charge in [0.2, 0.25) is 5.91 Å². The second-order valence-electron chi connectivity index (χ2n) is 8.27. The van der Waals surface area contributed by atoms with Gasteiger partial charge in [0.05, 0.1) is 18.1 Å². The first-order chi connectivity index (χ1) is 12.0. The number of nitrogens with zero attached hydrogens (tertiary/aromatic N) is 1. The highest BCUT2D eigenvalue weighted by atomic mass is 16.5. The average Bonchev–Trinajstić information content (AvgIpc) is 3.48. The Hall–Kier alpha value is -1.55. The first kappa shape index (κ1) is 16.9. The molecule has 4 heteroatoms. The standard InChI is InChI=1S/C21H29NO3/c1-3-21(24)11-8-19(21)12-14-22(15-13-19)18(23)20(9-10-20)16-4-6-17(25-2)7-5-16/h4-7,24H,3,8-15H2,1-2H3. The van der Waals surface area contributed by atoms with E-state index in [1.54, 1.807) is 7.11 Å². The van der Waals surface area contributed by atoms with Crippen molar-refractivity contribution in [1.82, 2.24) is 4.90 Å². The first-order valence-electron chi connectivity index (χ1n) is 9.65. The normalized spacial score (nSPS) is 29.2. The number of carbonyl (C=O) groups excluding carboxylic acids is 1. The first-order valence-corrected chi connectivity index (χ1v) is 9.65. The lowest BCUT2D eigenvalue weighted by Gasteiger charge is -2.59. The van der Waals surface area contributed by atoms with Crippen molar-refractivity contribution in [1.29, 1.82) is 0 Å². The summed E-state index contributed by atoms with van der Waals surface area (Å²) < 4.78 is 5.23. The Balaban J connectivity index is 1.45. The Kier molecular flexibility index (Phi) is 3.87. The molecule has 4 rings (SSSR count). The number of hydrogen-bond acceptors (Lipinski definition) is 3. The lowest BCUT2D eigenvalue weighted by Crippen LogP contribution is -2.61. The molecular formula is C21H29NO3. The highest BCUT2D eigenvalue weighted by Gasteiger charge is 2.59. The van der Waals surface area contributed by atoms with Gasteiger partial charge in [-0.05, 0) is 62.6 Å². The predicted octanol–water partition coefficient (Wildman–Crippen LogP) is 3.27. The molecule has 1 atom stereocenters. The van der Waals surface area contributed by atoms with Crippen molar-refractivity contribution >= 4 is 5.91 Å². The maximum absolute atomic E-state index is 13.2. The molecule has 1 N–H and O–H groups in total. The van der Waals surface area contributed by atoms with Crippen LogP contribution in [0.2, 0.25) is 0 Å². The number of methoxy groups -OCH3 is 1. The van der Waals surface area contributed by atoms with Gasteiger partial charge >= 0.3 is 0 Å². The second-order valence-corrected chi connectivity index (χ2v) is 8.27. The molecule has 3 aliphatic rings. The zero-order valence-electron chi connectivity index (χ0n) is 15.4. The zero-order chi connectivity index (χ0) is 17.7. The fraction of sp³-hybridized carbons (Fsp3) is 0.667. The van der Waals surface area contributed by atoms with Crippen LogP contribution in [0.15, 0.2) is 24.3 Å². The molecule has 0 aromatic heterocycles. The van der Waals surface area contributed by atoms with Crippen LogP contribution in [0.3, 0.4) is 0 Å². The molecule has 1 aliphatic heterocycles. The molecule has 1 spiro atoms. The van der Waals surface area contributed by atoms with Crippen LogP contribution in [0.25, 0.3) is 0 Å². The third-order valence-corrected chi connectivity index (χ3v) is 7.40. The summed E-state index contributed by atoms with van der Waals surface area (Å²) in [5, 5.41) is 10.8. The molecule has 1 aromatic carbocycles. The van der Waals surface area contributed by atoms with Crippen LogP contribution < -0.4 is 4.74 Å². The molecule has 2 saturated carbocycles. The van der Waals surface area contributed by atoms with E-state index >= 15 is 0 Å². The van der Waals surface area contributed by atoms with Crippen molar-refractivity contribution in [3.05, 3.63) is 29.8 Å². The van der Waals surface area contributed by atoms with E-state index < -0.39 is 5.60 Å². The third kappa shape index (κ3) is 2.41. The third-order valence-electron chi connectivity index (χ3n) is 7.40. The highest BCUT2D eigenvalue weighted by molar-refractivity contribution is 5.91. The Morgan fingerprint density at radius 1 is 1.08 bits per heavy atom. The molecule has 3 fully saturated rings. The van der Waals surface area contributed by atoms with Crippen molar-refractivity contribution in [2.24, 2.45) is 5.41 Å². The SMILES string of the molecule is CCC1(O)CCC12CCN(C(=O)C1(c3ccc(OC)cc3)CC1)CC2. The lowest BCUT2D eigenvalue weighted by molar-refractivity contribution is -0.193. The number of ether oxygens (including phenoxy) is 1. The van der Waals surface area contributed by atoms with Crippen LogP contribution in [0, 0.1) is 5.41 Å². The van der Waals surface area contributed by atoms with Crippen LogP contribution in [-0.4, -0.2) is 41.7 Å². The van der Waals surface area contributed by atoms with E-state index in [4.69, 9.17) is 4.74 Å². The average molecular weight is 343 g/mol. The predicted molar refractivity (Wildman–Crippen MR) is 96.6 cm³/mol. The molecule has 136 valence electrons. The topological polar surface area (TPSA) is 49.8 Å². The van der Waals surface area contributed by atoms with Gasteiger partial charge in [-0.15, -0.1) is 0 Å². The summed E-state index contributed by atoms with van der Waals surface area (Å²) in [5.41, 5.74) is 0.384. The molecule has 0 bridgehead atoms. The van der Waals surface area contributed by atoms with Crippen LogP contribution in [0.1, 0.15) is 57.4 Å². The minimum Gasteiger partial charge on any atom is -0.497 e. The van der Waals surface area contributed by atoms with E-state index in [2.05, 4.69) is 11.8 Å². The highest BCUT2D eigenvalue weighted by Crippen LogP contribution is 2.58. The molecule has 1 heterocycles. The maximum Gasteiger partial charge on any atom is 0.233 e. The maximum atomic E-state index is 13.2. The van der Waals surface area contributed by atoms with E-state index in [0.717, 1.165) is 69.3 Å². The van der Waals surface area contributed by atoms with Gasteiger partial charge in [-0.1, -0.05) is 19.1 Å². The van der Waals surface area contributed by atoms with Gasteiger partial charge in [0.1, 0.15) is 5.75 Å². The molecule has 1 saturated heterocycles. The monoisotopic (exact) mass is 343 g/mol. The van der Waals surface area contributed by atoms with Gasteiger partial charge in [0, 0.05) is 18.5 Å². The van der Waals surface area contributed by atoms with E-state index in [-0.39, 0.29) is 16.7 Å². The Labute approximate surface area is 150 Å². The quantitative estimate of drug-likeness (QED) is 0.913. The number of rotatable bonds is 4. The van der Waals surface area contributed by atoms with Crippen molar-refractivity contribution in [3.63, 3.8) is 0 Å². The largest absolute Gasteiger partial charge is 0.497 e. The van der Waals surface area contributed by atoms with Crippen molar-refractivity contribution in [3.8, 4) is 5.75 Å². The summed E-state index contributed by atoms with van der Waals surface area (Å²) in [5.74, 6) is 1.11. The van der Waals surface area contributed by atoms with Crippen LogP contribution in [0.5, 0.6) is 5.75 Å². The number of carbonyl (C=O) groups is 1. The summed E-state index contributed by atoms with van der Waals surface area (Å²) in [6.45, 7) is 3.67. The molecule has 25 heavy (non-hydrogen) atoms. The van der Waals surface area contributed by atoms with Gasteiger partial charge in [0.15, 0.2) is 0 Å². The van der Waals surface area contributed by atoms with Gasteiger partial charge in [0.25, 0.3) is 0 Å². The smallest absolute Gasteiger partial charge is 0.233 e.